The van der Waals surface area contributed by atoms with Gasteiger partial charge in [0.25, 0.3) is 5.56 Å². The molecule has 1 aliphatic rings. The number of fused-ring (bicyclic) bond motifs is 1. The second-order valence-corrected chi connectivity index (χ2v) is 4.49. The van der Waals surface area contributed by atoms with Crippen LogP contribution in [-0.4, -0.2) is 26.4 Å². The number of hydrogen-bond acceptors (Lipinski definition) is 4. The summed E-state index contributed by atoms with van der Waals surface area (Å²) < 4.78 is 7.57. The number of H-pyrrole nitrogens is 2. The molecule has 1 fully saturated rings. The van der Waals surface area contributed by atoms with Crippen molar-refractivity contribution in [1.82, 2.24) is 19.7 Å². The third-order valence-electron chi connectivity index (χ3n) is 2.91. The molecule has 0 aromatic carbocycles. The van der Waals surface area contributed by atoms with Crippen LogP contribution in [0.25, 0.3) is 11.0 Å². The van der Waals surface area contributed by atoms with E-state index in [1.807, 2.05) is 0 Å². The molecule has 7 heteroatoms. The van der Waals surface area contributed by atoms with Gasteiger partial charge in [0.1, 0.15) is 0 Å². The minimum atomic E-state index is -0.226. The van der Waals surface area contributed by atoms with Crippen LogP contribution in [0.15, 0.2) is 11.0 Å². The number of nitrogens with one attached hydrogen (secondary N) is 2. The Hall–Kier alpha value is -1.47. The Morgan fingerprint density at radius 2 is 2.35 bits per heavy atom. The Morgan fingerprint density at radius 3 is 3.12 bits per heavy atom. The predicted molar refractivity (Wildman–Crippen MR) is 64.4 cm³/mol. The third-order valence-corrected chi connectivity index (χ3v) is 3.12. The Bertz CT molecular complexity index is 650. The second kappa shape index (κ2) is 4.08. The van der Waals surface area contributed by atoms with Crippen molar-refractivity contribution in [1.29, 1.82) is 0 Å². The van der Waals surface area contributed by atoms with Crippen LogP contribution in [-0.2, 0) is 4.74 Å². The molecule has 0 spiro atoms. The highest BCUT2D eigenvalue weighted by Gasteiger charge is 2.20. The highest BCUT2D eigenvalue weighted by Crippen LogP contribution is 2.23. The fraction of sp³-hybridized carbons (Fsp3) is 0.500. The molecule has 2 aromatic heterocycles. The zero-order valence-corrected chi connectivity index (χ0v) is 9.92. The maximum Gasteiger partial charge on any atom is 0.277 e. The van der Waals surface area contributed by atoms with Crippen molar-refractivity contribution in [2.45, 2.75) is 25.5 Å². The van der Waals surface area contributed by atoms with Gasteiger partial charge in [0.15, 0.2) is 16.5 Å². The Kier molecular flexibility index (Phi) is 2.56. The summed E-state index contributed by atoms with van der Waals surface area (Å²) in [5.41, 5.74) is 0.911. The van der Waals surface area contributed by atoms with Gasteiger partial charge in [0.2, 0.25) is 0 Å². The van der Waals surface area contributed by atoms with Gasteiger partial charge in [-0.15, -0.1) is 0 Å². The number of aromatic amines is 2. The number of nitrogens with zero attached hydrogens (tertiary/aromatic N) is 2. The number of aromatic nitrogens is 4. The van der Waals surface area contributed by atoms with Crippen LogP contribution in [0.1, 0.15) is 25.5 Å². The normalized spacial score (nSPS) is 20.8. The molecule has 2 N–H and O–H groups in total. The molecule has 0 aliphatic carbocycles. The second-order valence-electron chi connectivity index (χ2n) is 4.08. The van der Waals surface area contributed by atoms with E-state index in [-0.39, 0.29) is 11.8 Å². The lowest BCUT2D eigenvalue weighted by Crippen LogP contribution is -2.22. The van der Waals surface area contributed by atoms with Gasteiger partial charge in [-0.25, -0.2) is 4.68 Å². The Morgan fingerprint density at radius 1 is 1.47 bits per heavy atom. The fourth-order valence-electron chi connectivity index (χ4n) is 2.13. The lowest BCUT2D eigenvalue weighted by molar-refractivity contribution is -0.0367. The summed E-state index contributed by atoms with van der Waals surface area (Å²) in [5.74, 6) is 0. The zero-order chi connectivity index (χ0) is 11.8. The molecule has 2 aromatic rings. The van der Waals surface area contributed by atoms with Gasteiger partial charge in [-0.2, -0.15) is 5.10 Å². The van der Waals surface area contributed by atoms with Gasteiger partial charge in [-0.3, -0.25) is 9.78 Å². The number of hydrogen-bond donors (Lipinski definition) is 2. The molecule has 90 valence electrons. The van der Waals surface area contributed by atoms with Crippen molar-refractivity contribution in [2.24, 2.45) is 0 Å². The van der Waals surface area contributed by atoms with E-state index in [4.69, 9.17) is 17.0 Å². The van der Waals surface area contributed by atoms with Gasteiger partial charge in [0.05, 0.1) is 11.7 Å². The van der Waals surface area contributed by atoms with Crippen molar-refractivity contribution in [3.05, 3.63) is 21.3 Å². The SMILES string of the molecule is O=c1[nH]c(=S)[nH]c2cnn(C3CCCCO3)c12. The van der Waals surface area contributed by atoms with Gasteiger partial charge in [0, 0.05) is 6.61 Å². The molecule has 1 atom stereocenters. The molecule has 1 aliphatic heterocycles. The quantitative estimate of drug-likeness (QED) is 0.754. The average molecular weight is 252 g/mol. The van der Waals surface area contributed by atoms with Crippen LogP contribution < -0.4 is 5.56 Å². The molecular weight excluding hydrogens is 240 g/mol. The van der Waals surface area contributed by atoms with Crippen molar-refractivity contribution in [3.8, 4) is 0 Å². The Labute approximate surface area is 102 Å². The third kappa shape index (κ3) is 1.81. The van der Waals surface area contributed by atoms with E-state index in [0.29, 0.717) is 22.4 Å². The van der Waals surface area contributed by atoms with E-state index in [0.717, 1.165) is 19.3 Å². The topological polar surface area (TPSA) is 75.7 Å². The van der Waals surface area contributed by atoms with Crippen LogP contribution in [0.4, 0.5) is 0 Å². The molecule has 1 unspecified atom stereocenters. The van der Waals surface area contributed by atoms with Crippen LogP contribution in [0.2, 0.25) is 0 Å². The number of rotatable bonds is 1. The van der Waals surface area contributed by atoms with E-state index < -0.39 is 0 Å². The van der Waals surface area contributed by atoms with E-state index in [2.05, 4.69) is 15.1 Å². The molecule has 17 heavy (non-hydrogen) atoms. The minimum Gasteiger partial charge on any atom is -0.356 e. The summed E-state index contributed by atoms with van der Waals surface area (Å²) in [6.07, 6.45) is 4.50. The minimum absolute atomic E-state index is 0.147. The van der Waals surface area contributed by atoms with Crippen molar-refractivity contribution in [2.75, 3.05) is 6.61 Å². The first kappa shape index (κ1) is 10.7. The molecule has 0 radical (unpaired) electrons. The molecule has 3 rings (SSSR count). The van der Waals surface area contributed by atoms with Crippen LogP contribution in [0, 0.1) is 4.77 Å². The standard InChI is InChI=1S/C10H12N4O2S/c15-9-8-6(12-10(17)13-9)5-11-14(8)7-3-1-2-4-16-7/h5,7H,1-4H2,(H2,12,13,15,17). The summed E-state index contributed by atoms with van der Waals surface area (Å²) in [6, 6.07) is 0. The monoisotopic (exact) mass is 252 g/mol. The van der Waals surface area contributed by atoms with Crippen molar-refractivity contribution >= 4 is 23.3 Å². The predicted octanol–water partition coefficient (Wildman–Crippen LogP) is 1.48. The van der Waals surface area contributed by atoms with E-state index in [1.54, 1.807) is 10.9 Å². The smallest absolute Gasteiger partial charge is 0.277 e. The van der Waals surface area contributed by atoms with Crippen LogP contribution in [0.3, 0.4) is 0 Å². The zero-order valence-electron chi connectivity index (χ0n) is 9.10. The Balaban J connectivity index is 2.17. The number of ether oxygens (including phenoxy) is 1. The fourth-order valence-corrected chi connectivity index (χ4v) is 2.33. The van der Waals surface area contributed by atoms with Gasteiger partial charge in [-0.1, -0.05) is 0 Å². The maximum absolute atomic E-state index is 11.9. The summed E-state index contributed by atoms with van der Waals surface area (Å²) >= 11 is 4.91. The highest BCUT2D eigenvalue weighted by molar-refractivity contribution is 7.71. The van der Waals surface area contributed by atoms with E-state index in [9.17, 15) is 4.79 Å². The summed E-state index contributed by atoms with van der Waals surface area (Å²) in [4.78, 5) is 17.3. The van der Waals surface area contributed by atoms with E-state index in [1.165, 1.54) is 0 Å². The first-order chi connectivity index (χ1) is 8.25. The van der Waals surface area contributed by atoms with Crippen LogP contribution >= 0.6 is 12.2 Å². The first-order valence-electron chi connectivity index (χ1n) is 5.57. The average Bonchev–Trinajstić information content (AvgIpc) is 2.74. The lowest BCUT2D eigenvalue weighted by atomic mass is 10.2. The van der Waals surface area contributed by atoms with Crippen molar-refractivity contribution in [3.63, 3.8) is 0 Å². The molecule has 0 bridgehead atoms. The van der Waals surface area contributed by atoms with Gasteiger partial charge in [-0.05, 0) is 31.5 Å². The van der Waals surface area contributed by atoms with Crippen LogP contribution in [0.5, 0.6) is 0 Å². The largest absolute Gasteiger partial charge is 0.356 e. The summed E-state index contributed by atoms with van der Waals surface area (Å²) in [5, 5.41) is 4.22. The molecule has 0 saturated carbocycles. The van der Waals surface area contributed by atoms with E-state index >= 15 is 0 Å². The van der Waals surface area contributed by atoms with Gasteiger partial charge < -0.3 is 9.72 Å². The first-order valence-corrected chi connectivity index (χ1v) is 5.98. The maximum atomic E-state index is 11.9. The molecule has 1 saturated heterocycles. The van der Waals surface area contributed by atoms with Gasteiger partial charge >= 0.3 is 0 Å². The molecule has 0 amide bonds. The lowest BCUT2D eigenvalue weighted by Gasteiger charge is -2.22. The summed E-state index contributed by atoms with van der Waals surface area (Å²) in [7, 11) is 0. The van der Waals surface area contributed by atoms with Crippen molar-refractivity contribution < 1.29 is 4.74 Å². The molecule has 3 heterocycles. The highest BCUT2D eigenvalue weighted by atomic mass is 32.1. The summed E-state index contributed by atoms with van der Waals surface area (Å²) in [6.45, 7) is 0.715. The molecule has 6 nitrogen and oxygen atoms in total. The molecular formula is C10H12N4O2S.